The molecule has 0 bridgehead atoms. The van der Waals surface area contributed by atoms with Gasteiger partial charge < -0.3 is 15.8 Å². The van der Waals surface area contributed by atoms with Gasteiger partial charge in [0.2, 0.25) is 0 Å². The summed E-state index contributed by atoms with van der Waals surface area (Å²) in [6.45, 7) is 4.51. The van der Waals surface area contributed by atoms with Gasteiger partial charge in [0.05, 0.1) is 17.7 Å². The monoisotopic (exact) mass is 310 g/mol. The number of hydrogen-bond donors (Lipinski definition) is 2. The van der Waals surface area contributed by atoms with Crippen LogP contribution in [0.5, 0.6) is 0 Å². The van der Waals surface area contributed by atoms with Crippen LogP contribution in [0.3, 0.4) is 0 Å². The minimum absolute atomic E-state index is 0.134. The Labute approximate surface area is 128 Å². The van der Waals surface area contributed by atoms with Crippen molar-refractivity contribution in [2.45, 2.75) is 33.1 Å². The SMILES string of the molecule is COC(=O)c1c(NCC2CCC(C)C2)sc(C(C)=O)c1N. The van der Waals surface area contributed by atoms with Crippen LogP contribution in [0.2, 0.25) is 0 Å². The van der Waals surface area contributed by atoms with Gasteiger partial charge in [0.15, 0.2) is 5.78 Å². The summed E-state index contributed by atoms with van der Waals surface area (Å²) in [7, 11) is 1.31. The van der Waals surface area contributed by atoms with E-state index in [1.807, 2.05) is 0 Å². The summed E-state index contributed by atoms with van der Waals surface area (Å²) in [6.07, 6.45) is 3.64. The van der Waals surface area contributed by atoms with Gasteiger partial charge >= 0.3 is 5.97 Å². The fourth-order valence-corrected chi connectivity index (χ4v) is 3.89. The molecule has 0 saturated heterocycles. The Bertz CT molecular complexity index is 553. The van der Waals surface area contributed by atoms with Gasteiger partial charge in [0, 0.05) is 13.5 Å². The molecular weight excluding hydrogens is 288 g/mol. The predicted octanol–water partition coefficient (Wildman–Crippen LogP) is 3.17. The van der Waals surface area contributed by atoms with E-state index < -0.39 is 5.97 Å². The average molecular weight is 310 g/mol. The van der Waals surface area contributed by atoms with E-state index in [0.717, 1.165) is 12.5 Å². The van der Waals surface area contributed by atoms with Crippen molar-refractivity contribution >= 4 is 33.8 Å². The number of nitrogens with one attached hydrogen (secondary N) is 1. The summed E-state index contributed by atoms with van der Waals surface area (Å²) in [5, 5.41) is 3.94. The lowest BCUT2D eigenvalue weighted by Gasteiger charge is -2.12. The highest BCUT2D eigenvalue weighted by molar-refractivity contribution is 7.19. The van der Waals surface area contributed by atoms with Gasteiger partial charge in [-0.1, -0.05) is 13.3 Å². The largest absolute Gasteiger partial charge is 0.465 e. The number of anilines is 2. The maximum Gasteiger partial charge on any atom is 0.343 e. The smallest absolute Gasteiger partial charge is 0.343 e. The molecule has 1 aliphatic carbocycles. The van der Waals surface area contributed by atoms with Gasteiger partial charge in [-0.15, -0.1) is 11.3 Å². The van der Waals surface area contributed by atoms with Crippen molar-refractivity contribution in [1.82, 2.24) is 0 Å². The fraction of sp³-hybridized carbons (Fsp3) is 0.600. The van der Waals surface area contributed by atoms with E-state index in [0.29, 0.717) is 21.4 Å². The number of hydrogen-bond acceptors (Lipinski definition) is 6. The summed E-state index contributed by atoms with van der Waals surface area (Å²) >= 11 is 1.24. The van der Waals surface area contributed by atoms with Crippen molar-refractivity contribution in [2.24, 2.45) is 11.8 Å². The molecule has 0 radical (unpaired) electrons. The molecule has 1 fully saturated rings. The third-order valence-corrected chi connectivity index (χ3v) is 5.27. The Morgan fingerprint density at radius 2 is 2.14 bits per heavy atom. The molecule has 1 aromatic heterocycles. The zero-order valence-electron chi connectivity index (χ0n) is 12.7. The van der Waals surface area contributed by atoms with Crippen molar-refractivity contribution < 1.29 is 14.3 Å². The van der Waals surface area contributed by atoms with E-state index in [9.17, 15) is 9.59 Å². The van der Waals surface area contributed by atoms with Crippen LogP contribution < -0.4 is 11.1 Å². The number of Topliss-reactive ketones (excluding diaryl/α,β-unsaturated/α-hetero) is 1. The van der Waals surface area contributed by atoms with Crippen molar-refractivity contribution in [3.8, 4) is 0 Å². The lowest BCUT2D eigenvalue weighted by molar-refractivity contribution is 0.0603. The lowest BCUT2D eigenvalue weighted by atomic mass is 10.1. The molecule has 1 heterocycles. The van der Waals surface area contributed by atoms with Gasteiger partial charge in [0.25, 0.3) is 0 Å². The molecule has 0 spiro atoms. The minimum Gasteiger partial charge on any atom is -0.465 e. The second-order valence-electron chi connectivity index (χ2n) is 5.76. The van der Waals surface area contributed by atoms with E-state index in [1.165, 1.54) is 44.6 Å². The molecule has 1 aromatic rings. The summed E-state index contributed by atoms with van der Waals surface area (Å²) in [4.78, 5) is 23.9. The second kappa shape index (κ2) is 6.47. The zero-order valence-corrected chi connectivity index (χ0v) is 13.5. The molecule has 0 aliphatic heterocycles. The Morgan fingerprint density at radius 1 is 1.43 bits per heavy atom. The van der Waals surface area contributed by atoms with Crippen LogP contribution >= 0.6 is 11.3 Å². The van der Waals surface area contributed by atoms with Crippen molar-refractivity contribution in [3.63, 3.8) is 0 Å². The standard InChI is InChI=1S/C15H22N2O3S/c1-8-4-5-10(6-8)7-17-14-11(15(19)20-3)12(16)13(21-14)9(2)18/h8,10,17H,4-7,16H2,1-3H3. The van der Waals surface area contributed by atoms with Crippen molar-refractivity contribution in [3.05, 3.63) is 10.4 Å². The van der Waals surface area contributed by atoms with Gasteiger partial charge in [-0.3, -0.25) is 4.79 Å². The molecule has 0 aromatic carbocycles. The first-order valence-electron chi connectivity index (χ1n) is 7.19. The van der Waals surface area contributed by atoms with Crippen LogP contribution in [-0.2, 0) is 4.74 Å². The van der Waals surface area contributed by atoms with Crippen molar-refractivity contribution in [2.75, 3.05) is 24.7 Å². The van der Waals surface area contributed by atoms with Crippen LogP contribution in [0.4, 0.5) is 10.7 Å². The average Bonchev–Trinajstić information content (AvgIpc) is 2.99. The number of nitrogens with two attached hydrogens (primary N) is 1. The number of carbonyl (C=O) groups is 2. The third-order valence-electron chi connectivity index (χ3n) is 4.01. The Hall–Kier alpha value is -1.56. The van der Waals surface area contributed by atoms with Crippen LogP contribution in [0, 0.1) is 11.8 Å². The fourth-order valence-electron chi connectivity index (χ4n) is 2.88. The first-order chi connectivity index (χ1) is 9.93. The molecule has 3 N–H and O–H groups in total. The lowest BCUT2D eigenvalue weighted by Crippen LogP contribution is -2.14. The van der Waals surface area contributed by atoms with E-state index >= 15 is 0 Å². The summed E-state index contributed by atoms with van der Waals surface area (Å²) < 4.78 is 4.78. The maximum atomic E-state index is 11.9. The Balaban J connectivity index is 2.19. The predicted molar refractivity (Wildman–Crippen MR) is 85.1 cm³/mol. The zero-order chi connectivity index (χ0) is 15.6. The second-order valence-corrected chi connectivity index (χ2v) is 6.78. The number of methoxy groups -OCH3 is 1. The number of carbonyl (C=O) groups excluding carboxylic acids is 2. The molecule has 21 heavy (non-hydrogen) atoms. The molecule has 2 rings (SSSR count). The first-order valence-corrected chi connectivity index (χ1v) is 8.01. The maximum absolute atomic E-state index is 11.9. The number of ketones is 1. The van der Waals surface area contributed by atoms with Crippen LogP contribution in [0.25, 0.3) is 0 Å². The van der Waals surface area contributed by atoms with E-state index in [-0.39, 0.29) is 11.5 Å². The highest BCUT2D eigenvalue weighted by Crippen LogP contribution is 2.37. The van der Waals surface area contributed by atoms with E-state index in [4.69, 9.17) is 10.5 Å². The van der Waals surface area contributed by atoms with Gasteiger partial charge in [-0.05, 0) is 24.7 Å². The normalized spacial score (nSPS) is 21.3. The first kappa shape index (κ1) is 15.8. The number of esters is 1. The summed E-state index contributed by atoms with van der Waals surface area (Å²) in [5.41, 5.74) is 6.45. The molecule has 2 unspecified atom stereocenters. The van der Waals surface area contributed by atoms with Crippen LogP contribution in [0.1, 0.15) is 53.1 Å². The van der Waals surface area contributed by atoms with Crippen LogP contribution in [0.15, 0.2) is 0 Å². The highest BCUT2D eigenvalue weighted by Gasteiger charge is 2.26. The minimum atomic E-state index is -0.501. The molecule has 1 aliphatic rings. The number of thiophene rings is 1. The quantitative estimate of drug-likeness (QED) is 0.645. The summed E-state index contributed by atoms with van der Waals surface area (Å²) in [5.74, 6) is 0.733. The number of ether oxygens (including phenoxy) is 1. The molecule has 116 valence electrons. The van der Waals surface area contributed by atoms with Gasteiger partial charge in [0.1, 0.15) is 10.6 Å². The molecule has 6 heteroatoms. The Kier molecular flexibility index (Phi) is 4.88. The van der Waals surface area contributed by atoms with E-state index in [2.05, 4.69) is 12.2 Å². The number of rotatable bonds is 5. The van der Waals surface area contributed by atoms with E-state index in [1.54, 1.807) is 0 Å². The summed E-state index contributed by atoms with van der Waals surface area (Å²) in [6, 6.07) is 0. The van der Waals surface area contributed by atoms with Gasteiger partial charge in [-0.25, -0.2) is 4.79 Å². The third kappa shape index (κ3) is 3.37. The van der Waals surface area contributed by atoms with Crippen molar-refractivity contribution in [1.29, 1.82) is 0 Å². The molecule has 0 amide bonds. The molecule has 1 saturated carbocycles. The molecule has 2 atom stereocenters. The topological polar surface area (TPSA) is 81.4 Å². The Morgan fingerprint density at radius 3 is 2.67 bits per heavy atom. The molecule has 5 nitrogen and oxygen atoms in total. The van der Waals surface area contributed by atoms with Crippen LogP contribution in [-0.4, -0.2) is 25.4 Å². The highest BCUT2D eigenvalue weighted by atomic mass is 32.1. The molecular formula is C15H22N2O3S. The number of nitrogen functional groups attached to an aromatic ring is 1. The van der Waals surface area contributed by atoms with Gasteiger partial charge in [-0.2, -0.15) is 0 Å².